The van der Waals surface area contributed by atoms with E-state index in [1.54, 1.807) is 59.1 Å². The van der Waals surface area contributed by atoms with Gasteiger partial charge in [-0.25, -0.2) is 13.9 Å². The van der Waals surface area contributed by atoms with Crippen LogP contribution in [0.2, 0.25) is 0 Å². The van der Waals surface area contributed by atoms with Crippen LogP contribution in [0.15, 0.2) is 22.7 Å². The van der Waals surface area contributed by atoms with Gasteiger partial charge >= 0.3 is 22.5 Å². The summed E-state index contributed by atoms with van der Waals surface area (Å²) in [5.74, 6) is -1.88. The fourth-order valence-corrected chi connectivity index (χ4v) is 4.81. The van der Waals surface area contributed by atoms with Crippen molar-refractivity contribution in [1.82, 2.24) is 20.3 Å². The third-order valence-electron chi connectivity index (χ3n) is 4.88. The van der Waals surface area contributed by atoms with Crippen LogP contribution in [-0.2, 0) is 34.2 Å². The Morgan fingerprint density at radius 3 is 2.00 bits per heavy atom. The van der Waals surface area contributed by atoms with Gasteiger partial charge in [0.1, 0.15) is 17.2 Å². The second-order valence-corrected chi connectivity index (χ2v) is 13.0. The Morgan fingerprint density at radius 2 is 1.60 bits per heavy atom. The Balaban J connectivity index is 2.20. The first-order valence-corrected chi connectivity index (χ1v) is 14.4. The van der Waals surface area contributed by atoms with Crippen LogP contribution < -0.4 is 16.0 Å². The summed E-state index contributed by atoms with van der Waals surface area (Å²) < 4.78 is 42.6. The molecule has 4 amide bonds. The minimum Gasteiger partial charge on any atom is -0.444 e. The minimum absolute atomic E-state index is 0.186. The van der Waals surface area contributed by atoms with E-state index in [9.17, 15) is 32.1 Å². The van der Waals surface area contributed by atoms with E-state index < -0.39 is 63.7 Å². The number of alkyl carbamates (subject to hydrolysis) is 2. The van der Waals surface area contributed by atoms with Crippen LogP contribution in [0, 0.1) is 0 Å². The summed E-state index contributed by atoms with van der Waals surface area (Å²) in [5.41, 5.74) is -1.78. The van der Waals surface area contributed by atoms with E-state index in [1.165, 1.54) is 6.92 Å². The number of hydrogen-bond acceptors (Lipinski definition) is 11. The van der Waals surface area contributed by atoms with Crippen molar-refractivity contribution in [2.45, 2.75) is 77.9 Å². The van der Waals surface area contributed by atoms with Gasteiger partial charge < -0.3 is 30.3 Å². The van der Waals surface area contributed by atoms with E-state index in [2.05, 4.69) is 21.1 Å². The van der Waals surface area contributed by atoms with Crippen molar-refractivity contribution >= 4 is 51.4 Å². The summed E-state index contributed by atoms with van der Waals surface area (Å²) in [6.45, 7) is 11.1. The summed E-state index contributed by atoms with van der Waals surface area (Å²) in [6.07, 6.45) is -2.50. The number of rotatable bonds is 10. The van der Waals surface area contributed by atoms with Crippen molar-refractivity contribution < 1.29 is 46.5 Å². The molecular formula is C23H35N5O10S2. The quantitative estimate of drug-likeness (QED) is 0.131. The molecule has 0 aliphatic carbocycles. The normalized spacial score (nSPS) is 18.1. The Kier molecular flexibility index (Phi) is 10.5. The van der Waals surface area contributed by atoms with Gasteiger partial charge in [-0.05, 0) is 59.9 Å². The zero-order valence-electron chi connectivity index (χ0n) is 23.2. The lowest BCUT2D eigenvalue weighted by Crippen LogP contribution is -2.71. The number of oxime groups is 1. The molecule has 1 saturated heterocycles. The first-order valence-electron chi connectivity index (χ1n) is 12.1. The molecule has 4 N–H and O–H groups in total. The first kappa shape index (κ1) is 32.8. The molecule has 1 fully saturated rings. The number of thiophene rings is 1. The van der Waals surface area contributed by atoms with Crippen LogP contribution in [0.1, 0.15) is 53.3 Å². The van der Waals surface area contributed by atoms with Gasteiger partial charge in [0.25, 0.3) is 11.8 Å². The molecule has 2 rings (SSSR count). The second-order valence-electron chi connectivity index (χ2n) is 10.7. The number of ether oxygens (including phenoxy) is 2. The SMILES string of the molecule is C[C@H]1[C@H](NC(=O)C(=NOC(CNC(=O)OC(C)(C)C)CNC(=O)OC(C)(C)C)c2cccs2)C(=O)N1S(=O)(=O)O. The topological polar surface area (TPSA) is 202 Å². The maximum Gasteiger partial charge on any atom is 0.407 e. The molecular weight excluding hydrogens is 570 g/mol. The van der Waals surface area contributed by atoms with E-state index in [0.717, 1.165) is 11.3 Å². The summed E-state index contributed by atoms with van der Waals surface area (Å²) in [4.78, 5) is 55.5. The standard InChI is InChI=1S/C23H35N5O10S2/c1-13-16(19(30)28(13)40(33,34)35)26-18(29)17(15-9-8-10-39-15)27-38-14(11-24-20(31)36-22(2,3)4)12-25-21(32)37-23(5,6)7/h8-10,13-14,16H,11-12H2,1-7H3,(H,24,31)(H,25,32)(H,26,29)(H,33,34,35)/t13-,16-/m0/s1. The van der Waals surface area contributed by atoms with Gasteiger partial charge in [0, 0.05) is 0 Å². The van der Waals surface area contributed by atoms with Gasteiger partial charge in [-0.1, -0.05) is 11.2 Å². The van der Waals surface area contributed by atoms with E-state index in [4.69, 9.17) is 14.3 Å². The monoisotopic (exact) mass is 605 g/mol. The largest absolute Gasteiger partial charge is 0.444 e. The van der Waals surface area contributed by atoms with Crippen molar-refractivity contribution in [3.63, 3.8) is 0 Å². The fourth-order valence-electron chi connectivity index (χ4n) is 3.22. The lowest BCUT2D eigenvalue weighted by Gasteiger charge is -2.42. The molecule has 1 aromatic heterocycles. The van der Waals surface area contributed by atoms with Gasteiger partial charge in [0.05, 0.1) is 24.0 Å². The molecule has 15 nitrogen and oxygen atoms in total. The molecule has 0 radical (unpaired) electrons. The molecule has 2 heterocycles. The highest BCUT2D eigenvalue weighted by molar-refractivity contribution is 7.84. The Bertz CT molecular complexity index is 1190. The Hall–Kier alpha value is -3.44. The van der Waals surface area contributed by atoms with Crippen LogP contribution in [0.3, 0.4) is 0 Å². The molecule has 17 heteroatoms. The third-order valence-corrected chi connectivity index (χ3v) is 6.77. The van der Waals surface area contributed by atoms with Gasteiger partial charge in [0.15, 0.2) is 11.8 Å². The summed E-state index contributed by atoms with van der Waals surface area (Å²) in [5, 5.41) is 13.0. The lowest BCUT2D eigenvalue weighted by molar-refractivity contribution is -0.143. The average molecular weight is 606 g/mol. The molecule has 0 unspecified atom stereocenters. The van der Waals surface area contributed by atoms with E-state index >= 15 is 0 Å². The van der Waals surface area contributed by atoms with E-state index in [-0.39, 0.29) is 23.1 Å². The number of carbonyl (C=O) groups is 4. The van der Waals surface area contributed by atoms with Crippen molar-refractivity contribution in [2.75, 3.05) is 13.1 Å². The number of amides is 4. The zero-order chi connectivity index (χ0) is 30.5. The van der Waals surface area contributed by atoms with Crippen LogP contribution in [-0.4, -0.2) is 89.5 Å². The number of hydrogen-bond donors (Lipinski definition) is 4. The molecule has 1 aliphatic heterocycles. The second kappa shape index (κ2) is 12.8. The molecule has 2 atom stereocenters. The van der Waals surface area contributed by atoms with Crippen molar-refractivity contribution in [3.05, 3.63) is 22.4 Å². The number of nitrogens with one attached hydrogen (secondary N) is 3. The van der Waals surface area contributed by atoms with E-state index in [0.29, 0.717) is 4.88 Å². The smallest absolute Gasteiger partial charge is 0.407 e. The van der Waals surface area contributed by atoms with Crippen molar-refractivity contribution in [1.29, 1.82) is 0 Å². The summed E-state index contributed by atoms with van der Waals surface area (Å²) in [7, 11) is -4.78. The average Bonchev–Trinajstić information content (AvgIpc) is 3.30. The van der Waals surface area contributed by atoms with E-state index in [1.807, 2.05) is 0 Å². The van der Waals surface area contributed by atoms with Crippen LogP contribution in [0.5, 0.6) is 0 Å². The summed E-state index contributed by atoms with van der Waals surface area (Å²) in [6, 6.07) is 0.931. The molecule has 0 bridgehead atoms. The predicted octanol–water partition coefficient (Wildman–Crippen LogP) is 1.41. The highest BCUT2D eigenvalue weighted by atomic mass is 32.2. The highest BCUT2D eigenvalue weighted by Crippen LogP contribution is 2.23. The van der Waals surface area contributed by atoms with Crippen molar-refractivity contribution in [3.8, 4) is 0 Å². The summed E-state index contributed by atoms with van der Waals surface area (Å²) >= 11 is 1.14. The first-order chi connectivity index (χ1) is 18.3. The maximum atomic E-state index is 13.1. The molecule has 0 saturated carbocycles. The maximum absolute atomic E-state index is 13.1. The third kappa shape index (κ3) is 9.95. The molecule has 224 valence electrons. The van der Waals surface area contributed by atoms with Gasteiger partial charge in [-0.2, -0.15) is 8.42 Å². The Labute approximate surface area is 236 Å². The van der Waals surface area contributed by atoms with Crippen molar-refractivity contribution in [2.24, 2.45) is 5.16 Å². The molecule has 0 aromatic carbocycles. The van der Waals surface area contributed by atoms with Gasteiger partial charge in [-0.3, -0.25) is 14.1 Å². The van der Waals surface area contributed by atoms with Crippen LogP contribution >= 0.6 is 11.3 Å². The highest BCUT2D eigenvalue weighted by Gasteiger charge is 2.51. The predicted molar refractivity (Wildman–Crippen MR) is 144 cm³/mol. The molecule has 40 heavy (non-hydrogen) atoms. The molecule has 1 aromatic rings. The fraction of sp³-hybridized carbons (Fsp3) is 0.609. The number of nitrogens with zero attached hydrogens (tertiary/aromatic N) is 2. The number of carbonyl (C=O) groups excluding carboxylic acids is 4. The Morgan fingerprint density at radius 1 is 1.07 bits per heavy atom. The minimum atomic E-state index is -4.78. The van der Waals surface area contributed by atoms with Gasteiger partial charge in [-0.15, -0.1) is 11.3 Å². The number of β-lactam (4-membered cyclic amide) rings is 1. The molecule has 1 aliphatic rings. The van der Waals surface area contributed by atoms with Crippen LogP contribution in [0.4, 0.5) is 9.59 Å². The zero-order valence-corrected chi connectivity index (χ0v) is 24.8. The van der Waals surface area contributed by atoms with Crippen LogP contribution in [0.25, 0.3) is 0 Å². The molecule has 0 spiro atoms. The van der Waals surface area contributed by atoms with Gasteiger partial charge in [0.2, 0.25) is 0 Å². The lowest BCUT2D eigenvalue weighted by atomic mass is 10.0.